The standard InChI is InChI=1S/C26H42N2O3/c1-5-8-10-11-19-30-26(29)28-18-12-13-22-20-24(15-16-25(22)28)31-21-23(14-9-6-2)27(4)17-7-3/h7,15-16,20,23H,3,5-6,8-14,17-19,21H2,1-2,4H3. The van der Waals surface area contributed by atoms with Gasteiger partial charge in [-0.1, -0.05) is 52.0 Å². The van der Waals surface area contributed by atoms with E-state index in [1.54, 1.807) is 4.90 Å². The van der Waals surface area contributed by atoms with Gasteiger partial charge in [-0.2, -0.15) is 0 Å². The molecule has 1 aromatic rings. The van der Waals surface area contributed by atoms with Crippen LogP contribution in [-0.4, -0.2) is 50.4 Å². The maximum atomic E-state index is 12.6. The highest BCUT2D eigenvalue weighted by Gasteiger charge is 2.24. The van der Waals surface area contributed by atoms with E-state index < -0.39 is 0 Å². The number of benzene rings is 1. The third-order valence-electron chi connectivity index (χ3n) is 5.99. The monoisotopic (exact) mass is 430 g/mol. The molecular formula is C26H42N2O3. The van der Waals surface area contributed by atoms with Crippen LogP contribution >= 0.6 is 0 Å². The van der Waals surface area contributed by atoms with Crippen molar-refractivity contribution in [3.05, 3.63) is 36.4 Å². The molecule has 1 aliphatic rings. The first-order chi connectivity index (χ1) is 15.1. The van der Waals surface area contributed by atoms with Crippen molar-refractivity contribution >= 4 is 11.8 Å². The van der Waals surface area contributed by atoms with E-state index in [9.17, 15) is 4.79 Å². The Morgan fingerprint density at radius 2 is 2.03 bits per heavy atom. The van der Waals surface area contributed by atoms with Crippen LogP contribution in [0.3, 0.4) is 0 Å². The van der Waals surface area contributed by atoms with Crippen molar-refractivity contribution in [3.63, 3.8) is 0 Å². The quantitative estimate of drug-likeness (QED) is 0.260. The third-order valence-corrected chi connectivity index (χ3v) is 5.99. The summed E-state index contributed by atoms with van der Waals surface area (Å²) in [6.07, 6.45) is 11.5. The van der Waals surface area contributed by atoms with E-state index >= 15 is 0 Å². The number of hydrogen-bond acceptors (Lipinski definition) is 4. The molecule has 0 fully saturated rings. The highest BCUT2D eigenvalue weighted by molar-refractivity contribution is 5.89. The van der Waals surface area contributed by atoms with Gasteiger partial charge in [-0.05, 0) is 56.5 Å². The number of amides is 1. The number of nitrogens with zero attached hydrogens (tertiary/aromatic N) is 2. The Labute approximate surface area is 189 Å². The van der Waals surface area contributed by atoms with E-state index in [2.05, 4.69) is 38.4 Å². The molecule has 0 aromatic heterocycles. The van der Waals surface area contributed by atoms with Gasteiger partial charge in [0.2, 0.25) is 0 Å². The molecule has 1 aliphatic heterocycles. The molecule has 174 valence electrons. The molecule has 2 rings (SSSR count). The molecule has 1 heterocycles. The Bertz CT molecular complexity index is 677. The molecule has 0 bridgehead atoms. The van der Waals surface area contributed by atoms with Gasteiger partial charge in [0, 0.05) is 19.1 Å². The number of anilines is 1. The Morgan fingerprint density at radius 3 is 2.77 bits per heavy atom. The predicted molar refractivity (Wildman–Crippen MR) is 129 cm³/mol. The molecule has 0 radical (unpaired) electrons. The van der Waals surface area contributed by atoms with Crippen LogP contribution in [0.15, 0.2) is 30.9 Å². The summed E-state index contributed by atoms with van der Waals surface area (Å²) in [6.45, 7) is 11.0. The van der Waals surface area contributed by atoms with E-state index in [-0.39, 0.29) is 6.09 Å². The SMILES string of the molecule is C=CCN(C)C(CCCC)COc1ccc2c(c1)CCCN2C(=O)OCCCCCC. The topological polar surface area (TPSA) is 42.0 Å². The summed E-state index contributed by atoms with van der Waals surface area (Å²) in [6, 6.07) is 6.46. The summed E-state index contributed by atoms with van der Waals surface area (Å²) in [4.78, 5) is 16.7. The average molecular weight is 431 g/mol. The lowest BCUT2D eigenvalue weighted by molar-refractivity contribution is 0.150. The van der Waals surface area contributed by atoms with Crippen molar-refractivity contribution in [3.8, 4) is 5.75 Å². The molecule has 31 heavy (non-hydrogen) atoms. The Morgan fingerprint density at radius 1 is 1.23 bits per heavy atom. The van der Waals surface area contributed by atoms with Crippen LogP contribution in [0.1, 0.15) is 70.8 Å². The summed E-state index contributed by atoms with van der Waals surface area (Å²) >= 11 is 0. The number of likely N-dealkylation sites (N-methyl/N-ethyl adjacent to an activating group) is 1. The van der Waals surface area contributed by atoms with Gasteiger partial charge in [0.15, 0.2) is 0 Å². The van der Waals surface area contributed by atoms with Gasteiger partial charge in [-0.3, -0.25) is 9.80 Å². The molecule has 1 aromatic carbocycles. The van der Waals surface area contributed by atoms with E-state index in [0.717, 1.165) is 55.6 Å². The van der Waals surface area contributed by atoms with Gasteiger partial charge in [0.1, 0.15) is 12.4 Å². The lowest BCUT2D eigenvalue weighted by Gasteiger charge is -2.30. The zero-order chi connectivity index (χ0) is 22.5. The van der Waals surface area contributed by atoms with Crippen molar-refractivity contribution < 1.29 is 14.3 Å². The largest absolute Gasteiger partial charge is 0.492 e. The summed E-state index contributed by atoms with van der Waals surface area (Å²) < 4.78 is 11.7. The van der Waals surface area contributed by atoms with E-state index in [0.29, 0.717) is 25.8 Å². The zero-order valence-electron chi connectivity index (χ0n) is 19.9. The van der Waals surface area contributed by atoms with Gasteiger partial charge < -0.3 is 9.47 Å². The Balaban J connectivity index is 1.95. The summed E-state index contributed by atoms with van der Waals surface area (Å²) in [7, 11) is 2.13. The summed E-state index contributed by atoms with van der Waals surface area (Å²) in [5.74, 6) is 0.877. The highest BCUT2D eigenvalue weighted by atomic mass is 16.6. The lowest BCUT2D eigenvalue weighted by atomic mass is 10.0. The first kappa shape index (κ1) is 25.3. The second-order valence-corrected chi connectivity index (χ2v) is 8.56. The fourth-order valence-electron chi connectivity index (χ4n) is 4.03. The Hall–Kier alpha value is -2.01. The first-order valence-electron chi connectivity index (χ1n) is 12.1. The highest BCUT2D eigenvalue weighted by Crippen LogP contribution is 2.31. The molecular weight excluding hydrogens is 388 g/mol. The predicted octanol–water partition coefficient (Wildman–Crippen LogP) is 6.21. The minimum Gasteiger partial charge on any atom is -0.492 e. The van der Waals surface area contributed by atoms with Crippen LogP contribution in [0.2, 0.25) is 0 Å². The summed E-state index contributed by atoms with van der Waals surface area (Å²) in [5.41, 5.74) is 2.12. The van der Waals surface area contributed by atoms with Gasteiger partial charge >= 0.3 is 6.09 Å². The smallest absolute Gasteiger partial charge is 0.414 e. The minimum absolute atomic E-state index is 0.225. The zero-order valence-corrected chi connectivity index (χ0v) is 19.9. The minimum atomic E-state index is -0.225. The molecule has 1 amide bonds. The van der Waals surface area contributed by atoms with E-state index in [1.165, 1.54) is 25.7 Å². The van der Waals surface area contributed by atoms with E-state index in [1.807, 2.05) is 18.2 Å². The molecule has 0 N–H and O–H groups in total. The first-order valence-corrected chi connectivity index (χ1v) is 12.1. The van der Waals surface area contributed by atoms with Crippen molar-refractivity contribution in [2.45, 2.75) is 77.7 Å². The number of rotatable bonds is 14. The van der Waals surface area contributed by atoms with Crippen LogP contribution < -0.4 is 9.64 Å². The second-order valence-electron chi connectivity index (χ2n) is 8.56. The van der Waals surface area contributed by atoms with Gasteiger partial charge in [0.05, 0.1) is 12.3 Å². The number of hydrogen-bond donors (Lipinski definition) is 0. The fourth-order valence-corrected chi connectivity index (χ4v) is 4.03. The molecule has 0 saturated carbocycles. The molecule has 0 aliphatic carbocycles. The second kappa shape index (κ2) is 14.1. The maximum absolute atomic E-state index is 12.6. The lowest BCUT2D eigenvalue weighted by Crippen LogP contribution is -2.37. The van der Waals surface area contributed by atoms with Crippen LogP contribution in [-0.2, 0) is 11.2 Å². The van der Waals surface area contributed by atoms with Crippen molar-refractivity contribution in [1.82, 2.24) is 4.90 Å². The van der Waals surface area contributed by atoms with Crippen LogP contribution in [0.4, 0.5) is 10.5 Å². The Kier molecular flexibility index (Phi) is 11.5. The third kappa shape index (κ3) is 8.21. The molecule has 1 atom stereocenters. The number of unbranched alkanes of at least 4 members (excludes halogenated alkanes) is 4. The number of fused-ring (bicyclic) bond motifs is 1. The molecule has 0 spiro atoms. The molecule has 1 unspecified atom stereocenters. The van der Waals surface area contributed by atoms with Crippen molar-refractivity contribution in [2.24, 2.45) is 0 Å². The van der Waals surface area contributed by atoms with Crippen molar-refractivity contribution in [2.75, 3.05) is 38.3 Å². The van der Waals surface area contributed by atoms with Crippen LogP contribution in [0.25, 0.3) is 0 Å². The normalized spacial score (nSPS) is 14.3. The molecule has 5 nitrogen and oxygen atoms in total. The molecule has 0 saturated heterocycles. The number of carbonyl (C=O) groups is 1. The number of carbonyl (C=O) groups excluding carboxylic acids is 1. The van der Waals surface area contributed by atoms with Crippen LogP contribution in [0.5, 0.6) is 5.75 Å². The van der Waals surface area contributed by atoms with Gasteiger partial charge in [-0.25, -0.2) is 4.79 Å². The van der Waals surface area contributed by atoms with Gasteiger partial charge in [-0.15, -0.1) is 6.58 Å². The van der Waals surface area contributed by atoms with E-state index in [4.69, 9.17) is 9.47 Å². The number of ether oxygens (including phenoxy) is 2. The van der Waals surface area contributed by atoms with Crippen molar-refractivity contribution in [1.29, 1.82) is 0 Å². The average Bonchev–Trinajstić information content (AvgIpc) is 2.78. The fraction of sp³-hybridized carbons (Fsp3) is 0.654. The summed E-state index contributed by atoms with van der Waals surface area (Å²) in [5, 5.41) is 0. The van der Waals surface area contributed by atoms with Gasteiger partial charge in [0.25, 0.3) is 0 Å². The maximum Gasteiger partial charge on any atom is 0.414 e. The molecule has 5 heteroatoms. The van der Waals surface area contributed by atoms with Crippen LogP contribution in [0, 0.1) is 0 Å². The number of aryl methyl sites for hydroxylation is 1.